The van der Waals surface area contributed by atoms with Gasteiger partial charge in [-0.3, -0.25) is 9.59 Å². The minimum Gasteiger partial charge on any atom is -0.480 e. The van der Waals surface area contributed by atoms with E-state index in [9.17, 15) is 9.59 Å². The summed E-state index contributed by atoms with van der Waals surface area (Å²) in [4.78, 5) is 22.3. The Bertz CT molecular complexity index is 550. The fourth-order valence-electron chi connectivity index (χ4n) is 1.73. The lowest BCUT2D eigenvalue weighted by Gasteiger charge is -2.08. The van der Waals surface area contributed by atoms with E-state index < -0.39 is 12.0 Å². The normalized spacial score (nSPS) is 15.9. The second-order valence-corrected chi connectivity index (χ2v) is 3.79. The van der Waals surface area contributed by atoms with Crippen LogP contribution in [-0.4, -0.2) is 22.3 Å². The van der Waals surface area contributed by atoms with Crippen LogP contribution >= 0.6 is 0 Å². The number of carboxylic acid groups (broad SMARTS) is 1. The number of rotatable bonds is 3. The van der Waals surface area contributed by atoms with Crippen LogP contribution in [0.3, 0.4) is 0 Å². The number of aromatic nitrogens is 1. The van der Waals surface area contributed by atoms with E-state index in [-0.39, 0.29) is 12.0 Å². The van der Waals surface area contributed by atoms with Crippen molar-refractivity contribution in [3.8, 4) is 0 Å². The lowest BCUT2D eigenvalue weighted by molar-refractivity contribution is -0.138. The Morgan fingerprint density at radius 1 is 1.65 bits per heavy atom. The van der Waals surface area contributed by atoms with Gasteiger partial charge in [-0.15, -0.1) is 0 Å². The number of hydrogen-bond donors (Lipinski definition) is 3. The van der Waals surface area contributed by atoms with Crippen LogP contribution in [0.25, 0.3) is 11.6 Å². The Balaban J connectivity index is 2.37. The number of aromatic amines is 1. The molecule has 0 saturated heterocycles. The van der Waals surface area contributed by atoms with Crippen molar-refractivity contribution < 1.29 is 14.4 Å². The average molecular weight is 236 g/mol. The van der Waals surface area contributed by atoms with E-state index >= 15 is 0 Å². The monoisotopic (exact) mass is 236 g/mol. The molecule has 1 aliphatic rings. The summed E-state index contributed by atoms with van der Waals surface area (Å²) >= 11 is 0. The van der Waals surface area contributed by atoms with Crippen LogP contribution in [0.5, 0.6) is 0 Å². The molecule has 0 radical (unpaired) electrons. The molecule has 1 aromatic heterocycles. The predicted molar refractivity (Wildman–Crippen MR) is 61.2 cm³/mol. The van der Waals surface area contributed by atoms with E-state index in [1.807, 2.05) is 6.08 Å². The number of fused-ring (bicyclic) bond motifs is 1. The first kappa shape index (κ1) is 11.4. The minimum absolute atomic E-state index is 0.104. The van der Waals surface area contributed by atoms with E-state index in [4.69, 9.17) is 15.4 Å². The molecule has 0 bridgehead atoms. The number of nitrogens with two attached hydrogens (primary N) is 1. The SMILES string of the molecule is N[C@@H](CC1=CCC=Cc2o[nH]c(=O)c21)C(=O)O. The fraction of sp³-hybridized carbons (Fsp3) is 0.273. The number of nitrogens with one attached hydrogen (secondary N) is 1. The largest absolute Gasteiger partial charge is 0.480 e. The summed E-state index contributed by atoms with van der Waals surface area (Å²) in [5.41, 5.74) is 6.08. The van der Waals surface area contributed by atoms with Gasteiger partial charge in [-0.1, -0.05) is 12.2 Å². The molecule has 0 aromatic carbocycles. The molecule has 0 spiro atoms. The Hall–Kier alpha value is -2.08. The standard InChI is InChI=1S/C11H12N2O4/c12-7(11(15)16)5-6-3-1-2-4-8-9(6)10(14)13-17-8/h2-4,7H,1,5,12H2,(H,13,14)(H,15,16)/t7-/m0/s1. The molecule has 1 aliphatic carbocycles. The Morgan fingerprint density at radius 3 is 3.12 bits per heavy atom. The number of carbonyl (C=O) groups is 1. The summed E-state index contributed by atoms with van der Waals surface area (Å²) in [5, 5.41) is 11.0. The second kappa shape index (κ2) is 4.42. The first-order chi connectivity index (χ1) is 8.09. The fourth-order valence-corrected chi connectivity index (χ4v) is 1.73. The van der Waals surface area contributed by atoms with Gasteiger partial charge >= 0.3 is 5.97 Å². The number of allylic oxidation sites excluding steroid dienone is 2. The highest BCUT2D eigenvalue weighted by atomic mass is 16.5. The van der Waals surface area contributed by atoms with Crippen LogP contribution in [0.4, 0.5) is 0 Å². The van der Waals surface area contributed by atoms with Crippen molar-refractivity contribution in [2.75, 3.05) is 0 Å². The smallest absolute Gasteiger partial charge is 0.320 e. The topological polar surface area (TPSA) is 109 Å². The van der Waals surface area contributed by atoms with Gasteiger partial charge in [-0.05, 0) is 24.5 Å². The molecule has 0 amide bonds. The van der Waals surface area contributed by atoms with Crippen molar-refractivity contribution in [3.05, 3.63) is 33.8 Å². The van der Waals surface area contributed by atoms with Crippen molar-refractivity contribution in [2.45, 2.75) is 18.9 Å². The zero-order valence-corrected chi connectivity index (χ0v) is 8.97. The zero-order chi connectivity index (χ0) is 12.4. The molecule has 1 aromatic rings. The number of carboxylic acids is 1. The van der Waals surface area contributed by atoms with Gasteiger partial charge in [0, 0.05) is 0 Å². The van der Waals surface area contributed by atoms with Gasteiger partial charge in [0.1, 0.15) is 6.04 Å². The summed E-state index contributed by atoms with van der Waals surface area (Å²) in [6.45, 7) is 0. The molecule has 2 rings (SSSR count). The van der Waals surface area contributed by atoms with Crippen LogP contribution in [0.1, 0.15) is 24.2 Å². The van der Waals surface area contributed by atoms with Crippen molar-refractivity contribution in [1.82, 2.24) is 5.16 Å². The molecule has 0 unspecified atom stereocenters. The first-order valence-electron chi connectivity index (χ1n) is 5.15. The quantitative estimate of drug-likeness (QED) is 0.710. The number of aliphatic carboxylic acids is 1. The second-order valence-electron chi connectivity index (χ2n) is 3.79. The maximum absolute atomic E-state index is 11.6. The molecule has 0 aliphatic heterocycles. The number of hydrogen-bond acceptors (Lipinski definition) is 4. The lowest BCUT2D eigenvalue weighted by atomic mass is 9.99. The summed E-state index contributed by atoms with van der Waals surface area (Å²) in [7, 11) is 0. The molecule has 6 nitrogen and oxygen atoms in total. The molecule has 1 heterocycles. The highest BCUT2D eigenvalue weighted by molar-refractivity contribution is 5.80. The van der Waals surface area contributed by atoms with Crippen molar-refractivity contribution in [2.24, 2.45) is 5.73 Å². The molecule has 90 valence electrons. The van der Waals surface area contributed by atoms with Gasteiger partial charge in [-0.2, -0.15) is 5.16 Å². The van der Waals surface area contributed by atoms with Crippen molar-refractivity contribution in [3.63, 3.8) is 0 Å². The summed E-state index contributed by atoms with van der Waals surface area (Å²) < 4.78 is 4.99. The van der Waals surface area contributed by atoms with Crippen LogP contribution in [0.15, 0.2) is 21.5 Å². The third-order valence-electron chi connectivity index (χ3n) is 2.57. The molecular formula is C11H12N2O4. The van der Waals surface area contributed by atoms with Gasteiger partial charge in [0.15, 0.2) is 5.76 Å². The Morgan fingerprint density at radius 2 is 2.41 bits per heavy atom. The molecule has 1 atom stereocenters. The van der Waals surface area contributed by atoms with Gasteiger partial charge in [0.25, 0.3) is 5.56 Å². The third-order valence-corrected chi connectivity index (χ3v) is 2.57. The minimum atomic E-state index is -1.09. The first-order valence-corrected chi connectivity index (χ1v) is 5.15. The number of H-pyrrole nitrogens is 1. The molecule has 0 saturated carbocycles. The molecule has 17 heavy (non-hydrogen) atoms. The molecule has 4 N–H and O–H groups in total. The van der Waals surface area contributed by atoms with Crippen LogP contribution in [-0.2, 0) is 4.79 Å². The van der Waals surface area contributed by atoms with Gasteiger partial charge in [-0.25, -0.2) is 0 Å². The van der Waals surface area contributed by atoms with E-state index in [1.54, 1.807) is 12.2 Å². The molecule has 6 heteroatoms. The summed E-state index contributed by atoms with van der Waals surface area (Å²) in [6.07, 6.45) is 6.02. The van der Waals surface area contributed by atoms with Gasteiger partial charge < -0.3 is 15.4 Å². The summed E-state index contributed by atoms with van der Waals surface area (Å²) in [5.74, 6) is -0.680. The molecular weight excluding hydrogens is 224 g/mol. The van der Waals surface area contributed by atoms with Crippen molar-refractivity contribution in [1.29, 1.82) is 0 Å². The van der Waals surface area contributed by atoms with E-state index in [0.717, 1.165) is 0 Å². The molecule has 0 fully saturated rings. The Labute approximate surface area is 96.4 Å². The van der Waals surface area contributed by atoms with E-state index in [1.165, 1.54) is 0 Å². The third kappa shape index (κ3) is 2.21. The maximum Gasteiger partial charge on any atom is 0.320 e. The van der Waals surface area contributed by atoms with Gasteiger partial charge in [0.05, 0.1) is 5.56 Å². The zero-order valence-electron chi connectivity index (χ0n) is 8.97. The van der Waals surface area contributed by atoms with E-state index in [2.05, 4.69) is 5.16 Å². The van der Waals surface area contributed by atoms with Crippen LogP contribution < -0.4 is 11.3 Å². The van der Waals surface area contributed by atoms with Crippen LogP contribution in [0, 0.1) is 0 Å². The van der Waals surface area contributed by atoms with E-state index in [0.29, 0.717) is 23.3 Å². The van der Waals surface area contributed by atoms with Crippen LogP contribution in [0.2, 0.25) is 0 Å². The highest BCUT2D eigenvalue weighted by Crippen LogP contribution is 2.24. The summed E-state index contributed by atoms with van der Waals surface area (Å²) in [6, 6.07) is -1.03. The highest BCUT2D eigenvalue weighted by Gasteiger charge is 2.21. The predicted octanol–water partition coefficient (Wildman–Crippen LogP) is 0.570. The maximum atomic E-state index is 11.6. The average Bonchev–Trinajstić information content (AvgIpc) is 2.53. The van der Waals surface area contributed by atoms with Gasteiger partial charge in [0.2, 0.25) is 0 Å². The lowest BCUT2D eigenvalue weighted by Crippen LogP contribution is -2.30. The Kier molecular flexibility index (Phi) is 2.97. The van der Waals surface area contributed by atoms with Crippen molar-refractivity contribution >= 4 is 17.6 Å².